The highest BCUT2D eigenvalue weighted by Gasteiger charge is 2.29. The first kappa shape index (κ1) is 12.6. The maximum atomic E-state index is 5.59. The first-order valence-corrected chi connectivity index (χ1v) is 7.85. The Morgan fingerprint density at radius 1 is 1.05 bits per heavy atom. The predicted octanol–water partition coefficient (Wildman–Crippen LogP) is 1.64. The molecule has 0 unspecified atom stereocenters. The molecule has 20 heavy (non-hydrogen) atoms. The topological polar surface area (TPSA) is 63.4 Å². The van der Waals surface area contributed by atoms with Crippen LogP contribution in [0, 0.1) is 0 Å². The molecule has 6 heteroatoms. The third-order valence-corrected chi connectivity index (χ3v) is 4.46. The van der Waals surface area contributed by atoms with E-state index in [-0.39, 0.29) is 6.10 Å². The molecule has 3 fully saturated rings. The Hall–Kier alpha value is -1.14. The van der Waals surface area contributed by atoms with Gasteiger partial charge >= 0.3 is 6.01 Å². The van der Waals surface area contributed by atoms with Crippen molar-refractivity contribution in [3.63, 3.8) is 0 Å². The lowest BCUT2D eigenvalue weighted by molar-refractivity contribution is 0.103. The summed E-state index contributed by atoms with van der Waals surface area (Å²) in [5, 5.41) is 7.78. The molecule has 1 atom stereocenters. The van der Waals surface area contributed by atoms with E-state index in [0.717, 1.165) is 57.2 Å². The van der Waals surface area contributed by atoms with Gasteiger partial charge in [-0.1, -0.05) is 5.16 Å². The van der Waals surface area contributed by atoms with Crippen LogP contribution in [0.1, 0.15) is 50.5 Å². The lowest BCUT2D eigenvalue weighted by atomic mass is 10.1. The summed E-state index contributed by atoms with van der Waals surface area (Å²) in [6.45, 7) is 2.81. The number of rotatable bonds is 4. The van der Waals surface area contributed by atoms with Gasteiger partial charge in [-0.05, 0) is 38.5 Å². The maximum absolute atomic E-state index is 5.59. The molecule has 3 heterocycles. The van der Waals surface area contributed by atoms with E-state index >= 15 is 0 Å². The van der Waals surface area contributed by atoms with Gasteiger partial charge in [0.25, 0.3) is 0 Å². The van der Waals surface area contributed by atoms with Crippen LogP contribution in [0.25, 0.3) is 0 Å². The number of anilines is 1. The van der Waals surface area contributed by atoms with Gasteiger partial charge in [-0.2, -0.15) is 4.98 Å². The van der Waals surface area contributed by atoms with Crippen molar-refractivity contribution >= 4 is 6.01 Å². The first-order valence-electron chi connectivity index (χ1n) is 7.85. The minimum absolute atomic E-state index is 0.0431. The van der Waals surface area contributed by atoms with Gasteiger partial charge in [0.05, 0.1) is 0 Å². The Balaban J connectivity index is 1.33. The van der Waals surface area contributed by atoms with E-state index in [9.17, 15) is 0 Å². The van der Waals surface area contributed by atoms with E-state index in [0.29, 0.717) is 12.1 Å². The van der Waals surface area contributed by atoms with Gasteiger partial charge in [-0.3, -0.25) is 0 Å². The van der Waals surface area contributed by atoms with Crippen molar-refractivity contribution in [1.29, 1.82) is 0 Å². The van der Waals surface area contributed by atoms with Gasteiger partial charge in [0.1, 0.15) is 6.10 Å². The zero-order chi connectivity index (χ0) is 13.4. The van der Waals surface area contributed by atoms with Crippen LogP contribution in [0.5, 0.6) is 0 Å². The van der Waals surface area contributed by atoms with Gasteiger partial charge < -0.3 is 19.5 Å². The van der Waals surface area contributed by atoms with E-state index in [1.54, 1.807) is 0 Å². The molecule has 1 N–H and O–H groups in total. The van der Waals surface area contributed by atoms with Crippen molar-refractivity contribution < 1.29 is 9.26 Å². The lowest BCUT2D eigenvalue weighted by Gasteiger charge is -2.31. The molecule has 4 rings (SSSR count). The second kappa shape index (κ2) is 5.33. The number of nitrogens with zero attached hydrogens (tertiary/aromatic N) is 3. The summed E-state index contributed by atoms with van der Waals surface area (Å²) in [5.41, 5.74) is 0. The van der Waals surface area contributed by atoms with E-state index in [4.69, 9.17) is 9.26 Å². The fourth-order valence-corrected chi connectivity index (χ4v) is 3.09. The molecule has 0 bridgehead atoms. The molecular weight excluding hydrogens is 256 g/mol. The second-order valence-electron chi connectivity index (χ2n) is 6.14. The van der Waals surface area contributed by atoms with Crippen molar-refractivity contribution in [2.75, 3.05) is 24.6 Å². The predicted molar refractivity (Wildman–Crippen MR) is 73.6 cm³/mol. The number of nitrogens with one attached hydrogen (secondary N) is 1. The standard InChI is InChI=1S/C14H22N4O2/c1-2-12(19-9-1)13-16-14(20-17-13)18-7-5-11(6-8-18)15-10-3-4-10/h10-12,15H,1-9H2/t12-/m1/s1. The number of hydrogen-bond acceptors (Lipinski definition) is 6. The zero-order valence-corrected chi connectivity index (χ0v) is 11.8. The van der Waals surface area contributed by atoms with Gasteiger partial charge in [0, 0.05) is 31.8 Å². The molecule has 1 aromatic heterocycles. The molecule has 1 aromatic rings. The smallest absolute Gasteiger partial charge is 0.324 e. The molecule has 1 saturated carbocycles. The third kappa shape index (κ3) is 2.67. The molecule has 0 aromatic carbocycles. The van der Waals surface area contributed by atoms with Gasteiger partial charge in [0.15, 0.2) is 0 Å². The molecule has 2 saturated heterocycles. The van der Waals surface area contributed by atoms with Crippen LogP contribution in [0.2, 0.25) is 0 Å². The van der Waals surface area contributed by atoms with Crippen LogP contribution in [-0.4, -0.2) is 41.9 Å². The second-order valence-corrected chi connectivity index (χ2v) is 6.14. The summed E-state index contributed by atoms with van der Waals surface area (Å²) in [6, 6.07) is 2.13. The highest BCUT2D eigenvalue weighted by atomic mass is 16.5. The van der Waals surface area contributed by atoms with Crippen molar-refractivity contribution in [2.24, 2.45) is 0 Å². The molecule has 6 nitrogen and oxygen atoms in total. The number of piperidine rings is 1. The number of ether oxygens (including phenoxy) is 1. The SMILES string of the molecule is C1CO[C@@H](c2noc(N3CCC(NC4CC4)CC3)n2)C1. The normalized spacial score (nSPS) is 28.2. The summed E-state index contributed by atoms with van der Waals surface area (Å²) in [5.74, 6) is 0.718. The Bertz CT molecular complexity index is 446. The molecule has 2 aliphatic heterocycles. The average Bonchev–Trinajstić information content (AvgIpc) is 2.98. The number of hydrogen-bond donors (Lipinski definition) is 1. The van der Waals surface area contributed by atoms with Crippen LogP contribution in [0.3, 0.4) is 0 Å². The van der Waals surface area contributed by atoms with Crippen molar-refractivity contribution in [1.82, 2.24) is 15.5 Å². The Kier molecular flexibility index (Phi) is 3.36. The van der Waals surface area contributed by atoms with Crippen molar-refractivity contribution in [2.45, 2.75) is 56.7 Å². The molecule has 3 aliphatic rings. The fourth-order valence-electron chi connectivity index (χ4n) is 3.09. The maximum Gasteiger partial charge on any atom is 0.324 e. The summed E-state index contributed by atoms with van der Waals surface area (Å²) in [7, 11) is 0. The summed E-state index contributed by atoms with van der Waals surface area (Å²) in [4.78, 5) is 6.72. The summed E-state index contributed by atoms with van der Waals surface area (Å²) >= 11 is 0. The summed E-state index contributed by atoms with van der Waals surface area (Å²) in [6.07, 6.45) is 7.17. The monoisotopic (exact) mass is 278 g/mol. The first-order chi connectivity index (χ1) is 9.88. The molecular formula is C14H22N4O2. The number of aromatic nitrogens is 2. The fraction of sp³-hybridized carbons (Fsp3) is 0.857. The van der Waals surface area contributed by atoms with E-state index < -0.39 is 0 Å². The Morgan fingerprint density at radius 2 is 1.85 bits per heavy atom. The van der Waals surface area contributed by atoms with Gasteiger partial charge in [0.2, 0.25) is 5.82 Å². The van der Waals surface area contributed by atoms with E-state index in [1.165, 1.54) is 12.8 Å². The molecule has 0 amide bonds. The lowest BCUT2D eigenvalue weighted by Crippen LogP contribution is -2.43. The van der Waals surface area contributed by atoms with Crippen LogP contribution in [-0.2, 0) is 4.74 Å². The Morgan fingerprint density at radius 3 is 2.55 bits per heavy atom. The average molecular weight is 278 g/mol. The Labute approximate surface area is 118 Å². The molecule has 0 radical (unpaired) electrons. The third-order valence-electron chi connectivity index (χ3n) is 4.46. The van der Waals surface area contributed by atoms with Gasteiger partial charge in [-0.15, -0.1) is 0 Å². The van der Waals surface area contributed by atoms with Crippen LogP contribution in [0.4, 0.5) is 6.01 Å². The van der Waals surface area contributed by atoms with Crippen LogP contribution >= 0.6 is 0 Å². The van der Waals surface area contributed by atoms with Crippen molar-refractivity contribution in [3.05, 3.63) is 5.82 Å². The highest BCUT2D eigenvalue weighted by molar-refractivity contribution is 5.26. The van der Waals surface area contributed by atoms with Crippen LogP contribution < -0.4 is 10.2 Å². The van der Waals surface area contributed by atoms with E-state index in [2.05, 4.69) is 20.4 Å². The van der Waals surface area contributed by atoms with Gasteiger partial charge in [-0.25, -0.2) is 0 Å². The minimum atomic E-state index is 0.0431. The molecule has 1 aliphatic carbocycles. The zero-order valence-electron chi connectivity index (χ0n) is 11.8. The van der Waals surface area contributed by atoms with Crippen molar-refractivity contribution in [3.8, 4) is 0 Å². The largest absolute Gasteiger partial charge is 0.370 e. The highest BCUT2D eigenvalue weighted by Crippen LogP contribution is 2.28. The van der Waals surface area contributed by atoms with E-state index in [1.807, 2.05) is 0 Å². The quantitative estimate of drug-likeness (QED) is 0.903. The van der Waals surface area contributed by atoms with Crippen LogP contribution in [0.15, 0.2) is 4.52 Å². The summed E-state index contributed by atoms with van der Waals surface area (Å²) < 4.78 is 11.0. The molecule has 0 spiro atoms. The minimum Gasteiger partial charge on any atom is -0.370 e. The molecule has 110 valence electrons.